The van der Waals surface area contributed by atoms with Crippen LogP contribution >= 0.6 is 0 Å². The van der Waals surface area contributed by atoms with Crippen LogP contribution in [0.25, 0.3) is 0 Å². The lowest BCUT2D eigenvalue weighted by atomic mass is 9.91. The van der Waals surface area contributed by atoms with Crippen LogP contribution in [0.2, 0.25) is 0 Å². The minimum Gasteiger partial charge on any atom is -0.480 e. The second-order valence-corrected chi connectivity index (χ2v) is 5.43. The van der Waals surface area contributed by atoms with Crippen molar-refractivity contribution in [3.63, 3.8) is 0 Å². The minimum absolute atomic E-state index is 0.0230. The molecule has 1 aliphatic heterocycles. The Hall–Kier alpha value is -1.95. The van der Waals surface area contributed by atoms with E-state index in [2.05, 4.69) is 5.32 Å². The average molecular weight is 294 g/mol. The summed E-state index contributed by atoms with van der Waals surface area (Å²) in [6.45, 7) is 2.51. The third-order valence-electron chi connectivity index (χ3n) is 3.76. The summed E-state index contributed by atoms with van der Waals surface area (Å²) in [6, 6.07) is 4.84. The highest BCUT2D eigenvalue weighted by molar-refractivity contribution is 5.92. The Labute approximate surface area is 122 Å². The van der Waals surface area contributed by atoms with Gasteiger partial charge in [0.05, 0.1) is 6.54 Å². The number of likely N-dealkylation sites (tertiary alicyclic amines) is 1. The van der Waals surface area contributed by atoms with Gasteiger partial charge in [-0.1, -0.05) is 6.92 Å². The van der Waals surface area contributed by atoms with Gasteiger partial charge in [-0.05, 0) is 49.6 Å². The Bertz CT molecular complexity index is 518. The second-order valence-electron chi connectivity index (χ2n) is 5.43. The van der Waals surface area contributed by atoms with Crippen molar-refractivity contribution in [2.75, 3.05) is 18.4 Å². The number of rotatable bonds is 4. The number of anilines is 1. The van der Waals surface area contributed by atoms with Gasteiger partial charge in [-0.15, -0.1) is 0 Å². The van der Waals surface area contributed by atoms with E-state index >= 15 is 0 Å². The van der Waals surface area contributed by atoms with Crippen LogP contribution in [-0.4, -0.2) is 41.0 Å². The molecule has 2 N–H and O–H groups in total. The van der Waals surface area contributed by atoms with Crippen LogP contribution in [0.15, 0.2) is 24.3 Å². The van der Waals surface area contributed by atoms with E-state index in [4.69, 9.17) is 0 Å². The van der Waals surface area contributed by atoms with Gasteiger partial charge in [-0.3, -0.25) is 14.5 Å². The Kier molecular flexibility index (Phi) is 4.90. The van der Waals surface area contributed by atoms with E-state index in [1.54, 1.807) is 4.90 Å². The largest absolute Gasteiger partial charge is 0.480 e. The summed E-state index contributed by atoms with van der Waals surface area (Å²) >= 11 is 0. The van der Waals surface area contributed by atoms with Gasteiger partial charge in [-0.2, -0.15) is 0 Å². The predicted octanol–water partition coefficient (Wildman–Crippen LogP) is 1.95. The number of halogens is 1. The molecule has 21 heavy (non-hydrogen) atoms. The summed E-state index contributed by atoms with van der Waals surface area (Å²) in [4.78, 5) is 25.0. The molecule has 2 unspecified atom stereocenters. The van der Waals surface area contributed by atoms with Crippen molar-refractivity contribution in [2.24, 2.45) is 5.92 Å². The summed E-state index contributed by atoms with van der Waals surface area (Å²) in [7, 11) is 0. The molecule has 0 spiro atoms. The van der Waals surface area contributed by atoms with Gasteiger partial charge in [0, 0.05) is 5.69 Å². The number of nitrogens with one attached hydrogen (secondary N) is 1. The normalized spacial score (nSPS) is 22.8. The number of hydrogen-bond donors (Lipinski definition) is 2. The maximum absolute atomic E-state index is 12.8. The van der Waals surface area contributed by atoms with Gasteiger partial charge in [0.15, 0.2) is 0 Å². The lowest BCUT2D eigenvalue weighted by Gasteiger charge is -2.36. The SMILES string of the molecule is CC1CCCN(CC(=O)Nc2ccc(F)cc2)C1C(=O)O. The summed E-state index contributed by atoms with van der Waals surface area (Å²) in [5.41, 5.74) is 0.498. The topological polar surface area (TPSA) is 69.6 Å². The zero-order chi connectivity index (χ0) is 15.4. The molecule has 0 bridgehead atoms. The number of amides is 1. The van der Waals surface area contributed by atoms with Crippen LogP contribution in [0.1, 0.15) is 19.8 Å². The van der Waals surface area contributed by atoms with Crippen molar-refractivity contribution in [3.8, 4) is 0 Å². The van der Waals surface area contributed by atoms with Crippen LogP contribution < -0.4 is 5.32 Å². The minimum atomic E-state index is -0.892. The first-order valence-electron chi connectivity index (χ1n) is 6.99. The van der Waals surface area contributed by atoms with Crippen LogP contribution in [0.5, 0.6) is 0 Å². The fourth-order valence-corrected chi connectivity index (χ4v) is 2.77. The second kappa shape index (κ2) is 6.67. The van der Waals surface area contributed by atoms with Crippen LogP contribution in [0, 0.1) is 11.7 Å². The van der Waals surface area contributed by atoms with E-state index in [1.165, 1.54) is 24.3 Å². The number of nitrogens with zero attached hydrogens (tertiary/aromatic N) is 1. The maximum atomic E-state index is 12.8. The number of carbonyl (C=O) groups excluding carboxylic acids is 1. The number of carbonyl (C=O) groups is 2. The number of piperidine rings is 1. The maximum Gasteiger partial charge on any atom is 0.321 e. The quantitative estimate of drug-likeness (QED) is 0.890. The Balaban J connectivity index is 1.97. The molecular weight excluding hydrogens is 275 g/mol. The molecule has 1 aromatic carbocycles. The predicted molar refractivity (Wildman–Crippen MR) is 76.4 cm³/mol. The van der Waals surface area contributed by atoms with Crippen molar-refractivity contribution in [1.29, 1.82) is 0 Å². The monoisotopic (exact) mass is 294 g/mol. The zero-order valence-electron chi connectivity index (χ0n) is 11.9. The third-order valence-corrected chi connectivity index (χ3v) is 3.76. The third kappa shape index (κ3) is 4.01. The van der Waals surface area contributed by atoms with Gasteiger partial charge in [-0.25, -0.2) is 4.39 Å². The Morgan fingerprint density at radius 2 is 2.05 bits per heavy atom. The van der Waals surface area contributed by atoms with Gasteiger partial charge >= 0.3 is 5.97 Å². The standard InChI is InChI=1S/C15H19FN2O3/c1-10-3-2-8-18(14(10)15(20)21)9-13(19)17-12-6-4-11(16)5-7-12/h4-7,10,14H,2-3,8-9H2,1H3,(H,17,19)(H,20,21). The van der Waals surface area contributed by atoms with Crippen molar-refractivity contribution in [2.45, 2.75) is 25.8 Å². The number of carboxylic acid groups (broad SMARTS) is 1. The summed E-state index contributed by atoms with van der Waals surface area (Å²) in [5, 5.41) is 11.9. The molecule has 1 heterocycles. The molecule has 2 rings (SSSR count). The molecule has 1 fully saturated rings. The lowest BCUT2D eigenvalue weighted by Crippen LogP contribution is -2.51. The van der Waals surface area contributed by atoms with Crippen LogP contribution in [-0.2, 0) is 9.59 Å². The molecular formula is C15H19FN2O3. The smallest absolute Gasteiger partial charge is 0.321 e. The van der Waals surface area contributed by atoms with Gasteiger partial charge < -0.3 is 10.4 Å². The molecule has 1 saturated heterocycles. The molecule has 1 aliphatic rings. The molecule has 0 radical (unpaired) electrons. The first kappa shape index (κ1) is 15.4. The Morgan fingerprint density at radius 1 is 1.38 bits per heavy atom. The molecule has 0 aromatic heterocycles. The van der Waals surface area contributed by atoms with Crippen molar-refractivity contribution in [3.05, 3.63) is 30.1 Å². The molecule has 0 aliphatic carbocycles. The molecule has 1 amide bonds. The van der Waals surface area contributed by atoms with E-state index < -0.39 is 12.0 Å². The van der Waals surface area contributed by atoms with Crippen molar-refractivity contribution < 1.29 is 19.1 Å². The van der Waals surface area contributed by atoms with E-state index in [0.717, 1.165) is 12.8 Å². The number of aliphatic carboxylic acids is 1. The number of hydrogen-bond acceptors (Lipinski definition) is 3. The molecule has 6 heteroatoms. The van der Waals surface area contributed by atoms with Gasteiger partial charge in [0.1, 0.15) is 11.9 Å². The van der Waals surface area contributed by atoms with Crippen LogP contribution in [0.3, 0.4) is 0 Å². The number of benzene rings is 1. The van der Waals surface area contributed by atoms with Gasteiger partial charge in [0.25, 0.3) is 0 Å². The van der Waals surface area contributed by atoms with Crippen LogP contribution in [0.4, 0.5) is 10.1 Å². The number of carboxylic acids is 1. The molecule has 114 valence electrons. The van der Waals surface area contributed by atoms with E-state index in [1.807, 2.05) is 6.92 Å². The van der Waals surface area contributed by atoms with E-state index in [-0.39, 0.29) is 24.2 Å². The fraction of sp³-hybridized carbons (Fsp3) is 0.467. The first-order chi connectivity index (χ1) is 9.97. The highest BCUT2D eigenvalue weighted by Gasteiger charge is 2.34. The van der Waals surface area contributed by atoms with Gasteiger partial charge in [0.2, 0.25) is 5.91 Å². The lowest BCUT2D eigenvalue weighted by molar-refractivity contribution is -0.147. The molecule has 0 saturated carbocycles. The highest BCUT2D eigenvalue weighted by Crippen LogP contribution is 2.23. The van der Waals surface area contributed by atoms with Crippen molar-refractivity contribution >= 4 is 17.6 Å². The van der Waals surface area contributed by atoms with E-state index in [9.17, 15) is 19.1 Å². The summed E-state index contributed by atoms with van der Waals surface area (Å²) in [6.07, 6.45) is 1.74. The van der Waals surface area contributed by atoms with E-state index in [0.29, 0.717) is 12.2 Å². The summed E-state index contributed by atoms with van der Waals surface area (Å²) < 4.78 is 12.8. The first-order valence-corrected chi connectivity index (χ1v) is 6.99. The zero-order valence-corrected chi connectivity index (χ0v) is 11.9. The summed E-state index contributed by atoms with van der Waals surface area (Å²) in [5.74, 6) is -1.53. The highest BCUT2D eigenvalue weighted by atomic mass is 19.1. The fourth-order valence-electron chi connectivity index (χ4n) is 2.77. The Morgan fingerprint density at radius 3 is 2.67 bits per heavy atom. The van der Waals surface area contributed by atoms with Crippen molar-refractivity contribution in [1.82, 2.24) is 4.90 Å². The molecule has 5 nitrogen and oxygen atoms in total. The molecule has 1 aromatic rings. The molecule has 2 atom stereocenters. The average Bonchev–Trinajstić information content (AvgIpc) is 2.41.